The summed E-state index contributed by atoms with van der Waals surface area (Å²) in [5.74, 6) is 0. The molecule has 0 aliphatic heterocycles. The number of fused-ring (bicyclic) bond motifs is 1. The molecule has 1 aliphatic carbocycles. The van der Waals surface area contributed by atoms with Gasteiger partial charge in [0.25, 0.3) is 0 Å². The first kappa shape index (κ1) is 12.4. The minimum absolute atomic E-state index is 0.370. The lowest BCUT2D eigenvalue weighted by atomic mass is 10.1. The van der Waals surface area contributed by atoms with Crippen molar-refractivity contribution in [1.82, 2.24) is 0 Å². The van der Waals surface area contributed by atoms with Gasteiger partial charge in [0.2, 0.25) is 0 Å². The molecular formula is C17H20NO+. The van der Waals surface area contributed by atoms with Crippen molar-refractivity contribution in [3.8, 4) is 0 Å². The van der Waals surface area contributed by atoms with E-state index in [2.05, 4.69) is 29.6 Å². The highest BCUT2D eigenvalue weighted by Gasteiger charge is 2.24. The molecule has 3 N–H and O–H groups in total. The van der Waals surface area contributed by atoms with E-state index in [-0.39, 0.29) is 6.10 Å². The molecule has 0 bridgehead atoms. The number of benzene rings is 2. The lowest BCUT2D eigenvalue weighted by Gasteiger charge is -2.13. The zero-order valence-corrected chi connectivity index (χ0v) is 11.0. The molecule has 0 saturated heterocycles. The van der Waals surface area contributed by atoms with Crippen LogP contribution in [0.4, 0.5) is 0 Å². The molecule has 3 rings (SSSR count). The van der Waals surface area contributed by atoms with Gasteiger partial charge in [-0.1, -0.05) is 54.6 Å². The first-order valence-electron chi connectivity index (χ1n) is 6.96. The maximum Gasteiger partial charge on any atom is 0.128 e. The molecule has 0 spiro atoms. The van der Waals surface area contributed by atoms with Crippen molar-refractivity contribution in [2.24, 2.45) is 0 Å². The summed E-state index contributed by atoms with van der Waals surface area (Å²) in [4.78, 5) is 0. The minimum Gasteiger partial charge on any atom is -0.382 e. The number of aliphatic hydroxyl groups is 1. The third-order valence-electron chi connectivity index (χ3n) is 3.96. The van der Waals surface area contributed by atoms with Gasteiger partial charge in [0.15, 0.2) is 0 Å². The van der Waals surface area contributed by atoms with Gasteiger partial charge in [-0.05, 0) is 16.7 Å². The van der Waals surface area contributed by atoms with E-state index in [0.717, 1.165) is 24.9 Å². The van der Waals surface area contributed by atoms with Gasteiger partial charge in [-0.25, -0.2) is 0 Å². The molecular weight excluding hydrogens is 234 g/mol. The Morgan fingerprint density at radius 3 is 2.16 bits per heavy atom. The van der Waals surface area contributed by atoms with Crippen LogP contribution in [0.1, 0.15) is 22.8 Å². The van der Waals surface area contributed by atoms with Gasteiger partial charge in [0.05, 0.1) is 6.04 Å². The minimum atomic E-state index is -0.370. The number of hydrogen-bond acceptors (Lipinski definition) is 1. The predicted octanol–water partition coefficient (Wildman–Crippen LogP) is 1.45. The fourth-order valence-electron chi connectivity index (χ4n) is 2.89. The molecule has 2 heteroatoms. The molecule has 0 amide bonds. The molecule has 0 fully saturated rings. The van der Waals surface area contributed by atoms with E-state index in [1.54, 1.807) is 0 Å². The average molecular weight is 254 g/mol. The SMILES string of the molecule is O[C@H](C[NH2+]C1Cc2ccccc2C1)c1ccccc1. The number of hydrogen-bond donors (Lipinski definition) is 2. The monoisotopic (exact) mass is 254 g/mol. The molecule has 1 atom stereocenters. The highest BCUT2D eigenvalue weighted by molar-refractivity contribution is 5.32. The number of aliphatic hydroxyl groups excluding tert-OH is 1. The van der Waals surface area contributed by atoms with Gasteiger partial charge < -0.3 is 10.4 Å². The lowest BCUT2D eigenvalue weighted by molar-refractivity contribution is -0.694. The van der Waals surface area contributed by atoms with Crippen LogP contribution in [0.5, 0.6) is 0 Å². The largest absolute Gasteiger partial charge is 0.382 e. The highest BCUT2D eigenvalue weighted by atomic mass is 16.3. The summed E-state index contributed by atoms with van der Waals surface area (Å²) in [5, 5.41) is 12.5. The summed E-state index contributed by atoms with van der Waals surface area (Å²) in [5.41, 5.74) is 3.95. The lowest BCUT2D eigenvalue weighted by Crippen LogP contribution is -2.91. The third kappa shape index (κ3) is 2.86. The van der Waals surface area contributed by atoms with Crippen molar-refractivity contribution >= 4 is 0 Å². The van der Waals surface area contributed by atoms with Gasteiger partial charge >= 0.3 is 0 Å². The van der Waals surface area contributed by atoms with E-state index >= 15 is 0 Å². The van der Waals surface area contributed by atoms with Crippen LogP contribution in [0.15, 0.2) is 54.6 Å². The summed E-state index contributed by atoms with van der Waals surface area (Å²) in [7, 11) is 0. The van der Waals surface area contributed by atoms with E-state index in [1.807, 2.05) is 30.3 Å². The second-order valence-corrected chi connectivity index (χ2v) is 5.33. The molecule has 2 nitrogen and oxygen atoms in total. The zero-order valence-electron chi connectivity index (χ0n) is 11.0. The second kappa shape index (κ2) is 5.55. The van der Waals surface area contributed by atoms with Crippen LogP contribution in [-0.4, -0.2) is 17.7 Å². The van der Waals surface area contributed by atoms with E-state index < -0.39 is 0 Å². The van der Waals surface area contributed by atoms with Gasteiger partial charge in [-0.2, -0.15) is 0 Å². The van der Waals surface area contributed by atoms with Crippen molar-refractivity contribution in [2.75, 3.05) is 6.54 Å². The summed E-state index contributed by atoms with van der Waals surface area (Å²) < 4.78 is 0. The molecule has 0 radical (unpaired) electrons. The maximum absolute atomic E-state index is 10.2. The van der Waals surface area contributed by atoms with Crippen LogP contribution < -0.4 is 5.32 Å². The zero-order chi connectivity index (χ0) is 13.1. The van der Waals surface area contributed by atoms with Crippen LogP contribution in [0, 0.1) is 0 Å². The second-order valence-electron chi connectivity index (χ2n) is 5.33. The topological polar surface area (TPSA) is 36.8 Å². The van der Waals surface area contributed by atoms with Crippen LogP contribution in [0.3, 0.4) is 0 Å². The van der Waals surface area contributed by atoms with Crippen molar-refractivity contribution in [3.05, 3.63) is 71.3 Å². The quantitative estimate of drug-likeness (QED) is 0.851. The number of rotatable bonds is 4. The Balaban J connectivity index is 1.55. The first-order valence-corrected chi connectivity index (χ1v) is 6.96. The Bertz CT molecular complexity index is 513. The van der Waals surface area contributed by atoms with Crippen LogP contribution in [0.25, 0.3) is 0 Å². The molecule has 2 aromatic rings. The predicted molar refractivity (Wildman–Crippen MR) is 75.8 cm³/mol. The smallest absolute Gasteiger partial charge is 0.128 e. The van der Waals surface area contributed by atoms with E-state index in [4.69, 9.17) is 0 Å². The first-order chi connectivity index (χ1) is 9.33. The van der Waals surface area contributed by atoms with Crippen molar-refractivity contribution in [3.63, 3.8) is 0 Å². The van der Waals surface area contributed by atoms with Gasteiger partial charge in [0, 0.05) is 12.8 Å². The Kier molecular flexibility index (Phi) is 3.62. The summed E-state index contributed by atoms with van der Waals surface area (Å²) in [6.07, 6.45) is 1.87. The Hall–Kier alpha value is -1.64. The maximum atomic E-state index is 10.2. The fraction of sp³-hybridized carbons (Fsp3) is 0.294. The molecule has 0 saturated carbocycles. The van der Waals surface area contributed by atoms with Crippen molar-refractivity contribution in [1.29, 1.82) is 0 Å². The van der Waals surface area contributed by atoms with E-state index in [9.17, 15) is 5.11 Å². The molecule has 19 heavy (non-hydrogen) atoms. The Morgan fingerprint density at radius 2 is 1.53 bits per heavy atom. The third-order valence-corrected chi connectivity index (χ3v) is 3.96. The van der Waals surface area contributed by atoms with E-state index in [1.165, 1.54) is 11.1 Å². The highest BCUT2D eigenvalue weighted by Crippen LogP contribution is 2.19. The normalized spacial score (nSPS) is 16.3. The average Bonchev–Trinajstić information content (AvgIpc) is 2.88. The van der Waals surface area contributed by atoms with Crippen LogP contribution >= 0.6 is 0 Å². The Labute approximate surface area is 114 Å². The van der Waals surface area contributed by atoms with Gasteiger partial charge in [0.1, 0.15) is 12.6 Å². The summed E-state index contributed by atoms with van der Waals surface area (Å²) in [6.45, 7) is 0.739. The molecule has 1 aliphatic rings. The van der Waals surface area contributed by atoms with E-state index in [0.29, 0.717) is 6.04 Å². The molecule has 0 unspecified atom stereocenters. The van der Waals surface area contributed by atoms with Gasteiger partial charge in [-0.15, -0.1) is 0 Å². The summed E-state index contributed by atoms with van der Waals surface area (Å²) >= 11 is 0. The van der Waals surface area contributed by atoms with Crippen LogP contribution in [0.2, 0.25) is 0 Å². The van der Waals surface area contributed by atoms with Crippen molar-refractivity contribution < 1.29 is 10.4 Å². The fourth-order valence-corrected chi connectivity index (χ4v) is 2.89. The Morgan fingerprint density at radius 1 is 0.947 bits per heavy atom. The van der Waals surface area contributed by atoms with Gasteiger partial charge in [-0.3, -0.25) is 0 Å². The molecule has 0 aromatic heterocycles. The summed E-state index contributed by atoms with van der Waals surface area (Å²) in [6, 6.07) is 19.1. The number of nitrogens with two attached hydrogens (primary N) is 1. The number of quaternary nitrogens is 1. The molecule has 0 heterocycles. The standard InChI is InChI=1S/C17H19NO/c19-17(13-6-2-1-3-7-13)12-18-16-10-14-8-4-5-9-15(14)11-16/h1-9,16-19H,10-12H2/p+1/t17-/m1/s1. The molecule has 98 valence electrons. The van der Waals surface area contributed by atoms with Crippen LogP contribution in [-0.2, 0) is 12.8 Å². The molecule has 2 aromatic carbocycles. The van der Waals surface area contributed by atoms with Crippen molar-refractivity contribution in [2.45, 2.75) is 25.0 Å².